The molecule has 5 heteroatoms. The van der Waals surface area contributed by atoms with Crippen molar-refractivity contribution in [3.05, 3.63) is 29.8 Å². The highest BCUT2D eigenvalue weighted by Crippen LogP contribution is 2.31. The first-order valence-electron chi connectivity index (χ1n) is 7.32. The lowest BCUT2D eigenvalue weighted by atomic mass is 9.81. The van der Waals surface area contributed by atoms with Crippen LogP contribution in [0.1, 0.15) is 31.2 Å². The van der Waals surface area contributed by atoms with Crippen LogP contribution in [-0.4, -0.2) is 36.4 Å². The summed E-state index contributed by atoms with van der Waals surface area (Å²) >= 11 is 0. The monoisotopic (exact) mass is 293 g/mol. The molecule has 1 aliphatic carbocycles. The van der Waals surface area contributed by atoms with Crippen LogP contribution in [0.5, 0.6) is 5.75 Å². The van der Waals surface area contributed by atoms with Gasteiger partial charge in [0.25, 0.3) is 0 Å². The van der Waals surface area contributed by atoms with E-state index in [4.69, 9.17) is 20.3 Å². The lowest BCUT2D eigenvalue weighted by Crippen LogP contribution is -2.54. The average Bonchev–Trinajstić information content (AvgIpc) is 2.49. The Hall–Kier alpha value is -1.59. The first-order chi connectivity index (χ1) is 10.1. The fourth-order valence-corrected chi connectivity index (χ4v) is 2.87. The summed E-state index contributed by atoms with van der Waals surface area (Å²) in [6.07, 6.45) is 3.21. The van der Waals surface area contributed by atoms with E-state index < -0.39 is 5.54 Å². The number of benzene rings is 1. The van der Waals surface area contributed by atoms with Crippen molar-refractivity contribution >= 4 is 5.97 Å². The maximum Gasteiger partial charge on any atom is 0.325 e. The first kappa shape index (κ1) is 15.8. The summed E-state index contributed by atoms with van der Waals surface area (Å²) < 4.78 is 10.8. The van der Waals surface area contributed by atoms with E-state index in [1.54, 1.807) is 0 Å². The zero-order chi connectivity index (χ0) is 15.3. The van der Waals surface area contributed by atoms with Crippen LogP contribution in [0.3, 0.4) is 0 Å². The maximum atomic E-state index is 11.8. The van der Waals surface area contributed by atoms with Gasteiger partial charge in [0, 0.05) is 13.0 Å². The van der Waals surface area contributed by atoms with Crippen LogP contribution < -0.4 is 10.5 Å². The van der Waals surface area contributed by atoms with Gasteiger partial charge >= 0.3 is 5.97 Å². The van der Waals surface area contributed by atoms with Gasteiger partial charge in [-0.25, -0.2) is 0 Å². The predicted octanol–water partition coefficient (Wildman–Crippen LogP) is 1.41. The van der Waals surface area contributed by atoms with E-state index in [9.17, 15) is 4.79 Å². The van der Waals surface area contributed by atoms with Crippen molar-refractivity contribution in [3.63, 3.8) is 0 Å². The fourth-order valence-electron chi connectivity index (χ4n) is 2.87. The van der Waals surface area contributed by atoms with E-state index in [2.05, 4.69) is 0 Å². The number of carbonyl (C=O) groups excluding carboxylic acids is 1. The van der Waals surface area contributed by atoms with Crippen LogP contribution in [-0.2, 0) is 16.0 Å². The fraction of sp³-hybridized carbons (Fsp3) is 0.562. The third kappa shape index (κ3) is 3.74. The average molecular weight is 293 g/mol. The molecule has 0 heterocycles. The lowest BCUT2D eigenvalue weighted by Gasteiger charge is -2.35. The Bertz CT molecular complexity index is 491. The van der Waals surface area contributed by atoms with Crippen molar-refractivity contribution < 1.29 is 19.4 Å². The standard InChI is InChI=1S/C16H23NO4/c1-20-15(19)16(17)9-4-6-13(11-16)21-14-7-3-2-5-12(14)8-10-18/h2-3,5,7,13,18H,4,6,8-11,17H2,1H3. The first-order valence-corrected chi connectivity index (χ1v) is 7.32. The molecule has 116 valence electrons. The molecule has 0 amide bonds. The molecule has 0 spiro atoms. The summed E-state index contributed by atoms with van der Waals surface area (Å²) in [5.41, 5.74) is 6.17. The van der Waals surface area contributed by atoms with Gasteiger partial charge in [-0.2, -0.15) is 0 Å². The topological polar surface area (TPSA) is 81.8 Å². The quantitative estimate of drug-likeness (QED) is 0.802. The van der Waals surface area contributed by atoms with E-state index in [-0.39, 0.29) is 18.7 Å². The molecule has 3 N–H and O–H groups in total. The second-order valence-corrected chi connectivity index (χ2v) is 5.57. The molecule has 0 bridgehead atoms. The number of methoxy groups -OCH3 is 1. The van der Waals surface area contributed by atoms with Crippen LogP contribution in [0.2, 0.25) is 0 Å². The summed E-state index contributed by atoms with van der Waals surface area (Å²) in [6, 6.07) is 7.63. The lowest BCUT2D eigenvalue weighted by molar-refractivity contribution is -0.149. The van der Waals surface area contributed by atoms with Crippen LogP contribution in [0.15, 0.2) is 24.3 Å². The molecule has 1 saturated carbocycles. The molecule has 1 fully saturated rings. The van der Waals surface area contributed by atoms with Crippen molar-refractivity contribution in [1.29, 1.82) is 0 Å². The van der Waals surface area contributed by atoms with Crippen molar-refractivity contribution in [2.24, 2.45) is 5.73 Å². The molecule has 21 heavy (non-hydrogen) atoms. The largest absolute Gasteiger partial charge is 0.490 e. The third-order valence-electron chi connectivity index (χ3n) is 3.98. The molecule has 2 rings (SSSR count). The number of aliphatic hydroxyl groups excluding tert-OH is 1. The number of para-hydroxylation sites is 1. The van der Waals surface area contributed by atoms with Crippen molar-refractivity contribution in [3.8, 4) is 5.75 Å². The summed E-state index contributed by atoms with van der Waals surface area (Å²) in [5.74, 6) is 0.380. The van der Waals surface area contributed by atoms with Gasteiger partial charge in [0.15, 0.2) is 0 Å². The predicted molar refractivity (Wildman–Crippen MR) is 79.1 cm³/mol. The summed E-state index contributed by atoms with van der Waals surface area (Å²) in [4.78, 5) is 11.8. The number of hydrogen-bond donors (Lipinski definition) is 2. The van der Waals surface area contributed by atoms with Crippen LogP contribution >= 0.6 is 0 Å². The highest BCUT2D eigenvalue weighted by atomic mass is 16.5. The van der Waals surface area contributed by atoms with Gasteiger partial charge in [-0.3, -0.25) is 4.79 Å². The molecule has 2 unspecified atom stereocenters. The van der Waals surface area contributed by atoms with Crippen LogP contribution in [0.4, 0.5) is 0 Å². The third-order valence-corrected chi connectivity index (χ3v) is 3.98. The smallest absolute Gasteiger partial charge is 0.325 e. The highest BCUT2D eigenvalue weighted by molar-refractivity contribution is 5.80. The molecule has 0 aliphatic heterocycles. The van der Waals surface area contributed by atoms with Gasteiger partial charge in [-0.15, -0.1) is 0 Å². The molecular formula is C16H23NO4. The molecule has 0 radical (unpaired) electrons. The zero-order valence-corrected chi connectivity index (χ0v) is 12.4. The summed E-state index contributed by atoms with van der Waals surface area (Å²) in [6.45, 7) is 0.0774. The van der Waals surface area contributed by atoms with E-state index in [1.807, 2.05) is 24.3 Å². The number of nitrogens with two attached hydrogens (primary N) is 1. The molecule has 1 aliphatic rings. The van der Waals surface area contributed by atoms with E-state index in [0.29, 0.717) is 19.3 Å². The second kappa shape index (κ2) is 6.91. The van der Waals surface area contributed by atoms with E-state index >= 15 is 0 Å². The molecule has 5 nitrogen and oxygen atoms in total. The van der Waals surface area contributed by atoms with Crippen LogP contribution in [0.25, 0.3) is 0 Å². The molecule has 1 aromatic rings. The van der Waals surface area contributed by atoms with Gasteiger partial charge in [0.05, 0.1) is 7.11 Å². The Kier molecular flexibility index (Phi) is 5.20. The molecule has 0 saturated heterocycles. The van der Waals surface area contributed by atoms with Crippen LogP contribution in [0, 0.1) is 0 Å². The molecule has 1 aromatic carbocycles. The number of aliphatic hydroxyl groups is 1. The Morgan fingerprint density at radius 1 is 1.48 bits per heavy atom. The van der Waals surface area contributed by atoms with Gasteiger partial charge in [0.2, 0.25) is 0 Å². The zero-order valence-electron chi connectivity index (χ0n) is 12.4. The number of hydrogen-bond acceptors (Lipinski definition) is 5. The maximum absolute atomic E-state index is 11.8. The van der Waals surface area contributed by atoms with E-state index in [1.165, 1.54) is 7.11 Å². The normalized spacial score (nSPS) is 25.4. The minimum absolute atomic E-state index is 0.0774. The Labute approximate surface area is 125 Å². The van der Waals surface area contributed by atoms with Gasteiger partial charge in [-0.05, 0) is 37.3 Å². The SMILES string of the molecule is COC(=O)C1(N)CCCC(Oc2ccccc2CCO)C1. The number of ether oxygens (including phenoxy) is 2. The second-order valence-electron chi connectivity index (χ2n) is 5.57. The number of esters is 1. The van der Waals surface area contributed by atoms with Crippen molar-refractivity contribution in [2.75, 3.05) is 13.7 Å². The Morgan fingerprint density at radius 2 is 2.24 bits per heavy atom. The Morgan fingerprint density at radius 3 is 2.95 bits per heavy atom. The summed E-state index contributed by atoms with van der Waals surface area (Å²) in [7, 11) is 1.36. The highest BCUT2D eigenvalue weighted by Gasteiger charge is 2.41. The van der Waals surface area contributed by atoms with Gasteiger partial charge in [-0.1, -0.05) is 18.2 Å². The molecular weight excluding hydrogens is 270 g/mol. The van der Waals surface area contributed by atoms with E-state index in [0.717, 1.165) is 24.2 Å². The minimum Gasteiger partial charge on any atom is -0.490 e. The molecule has 0 aromatic heterocycles. The number of carbonyl (C=O) groups is 1. The summed E-state index contributed by atoms with van der Waals surface area (Å²) in [5, 5.41) is 9.10. The van der Waals surface area contributed by atoms with Gasteiger partial charge in [0.1, 0.15) is 17.4 Å². The molecule has 2 atom stereocenters. The Balaban J connectivity index is 2.08. The van der Waals surface area contributed by atoms with Crippen molar-refractivity contribution in [1.82, 2.24) is 0 Å². The van der Waals surface area contributed by atoms with Gasteiger partial charge < -0.3 is 20.3 Å². The number of rotatable bonds is 5. The minimum atomic E-state index is -0.955. The van der Waals surface area contributed by atoms with Crippen molar-refractivity contribution in [2.45, 2.75) is 43.7 Å².